The Balaban J connectivity index is 2.49. The molecule has 1 aromatic carbocycles. The summed E-state index contributed by atoms with van der Waals surface area (Å²) in [5.41, 5.74) is 3.75. The van der Waals surface area contributed by atoms with Gasteiger partial charge < -0.3 is 0 Å². The highest BCUT2D eigenvalue weighted by molar-refractivity contribution is 5.67. The van der Waals surface area contributed by atoms with Gasteiger partial charge in [0.15, 0.2) is 0 Å². The zero-order chi connectivity index (χ0) is 15.9. The van der Waals surface area contributed by atoms with Gasteiger partial charge in [-0.3, -0.25) is 4.90 Å². The third kappa shape index (κ3) is 6.97. The van der Waals surface area contributed by atoms with Crippen LogP contribution in [-0.2, 0) is 0 Å². The first-order valence-corrected chi connectivity index (χ1v) is 7.39. The van der Waals surface area contributed by atoms with Gasteiger partial charge in [0.1, 0.15) is 0 Å². The van der Waals surface area contributed by atoms with Crippen molar-refractivity contribution in [1.82, 2.24) is 4.90 Å². The molecule has 0 aliphatic carbocycles. The Kier molecular flexibility index (Phi) is 6.46. The van der Waals surface area contributed by atoms with E-state index in [-0.39, 0.29) is 5.41 Å². The van der Waals surface area contributed by atoms with E-state index in [4.69, 9.17) is 0 Å². The van der Waals surface area contributed by atoms with Gasteiger partial charge in [0, 0.05) is 18.5 Å². The average molecular weight is 281 g/mol. The maximum Gasteiger partial charge on any atom is 0.0234 e. The van der Waals surface area contributed by atoms with Crippen molar-refractivity contribution in [3.8, 4) is 11.8 Å². The van der Waals surface area contributed by atoms with Gasteiger partial charge in [-0.15, -0.1) is 0 Å². The molecule has 0 N–H and O–H groups in total. The molecular weight excluding hydrogens is 254 g/mol. The van der Waals surface area contributed by atoms with E-state index >= 15 is 0 Å². The number of hydrogen-bond acceptors (Lipinski definition) is 1. The summed E-state index contributed by atoms with van der Waals surface area (Å²) in [7, 11) is 2.10. The molecule has 0 aliphatic rings. The Bertz CT molecular complexity index is 561. The number of allylic oxidation sites excluding steroid dienone is 1. The van der Waals surface area contributed by atoms with Gasteiger partial charge in [-0.1, -0.05) is 48.8 Å². The van der Waals surface area contributed by atoms with Crippen molar-refractivity contribution >= 4 is 5.57 Å². The second-order valence-corrected chi connectivity index (χ2v) is 6.54. The number of rotatable bonds is 5. The predicted octanol–water partition coefficient (Wildman–Crippen LogP) is 4.55. The third-order valence-electron chi connectivity index (χ3n) is 3.05. The molecule has 0 saturated carbocycles. The largest absolute Gasteiger partial charge is 0.298 e. The van der Waals surface area contributed by atoms with E-state index in [1.54, 1.807) is 0 Å². The van der Waals surface area contributed by atoms with E-state index in [0.717, 1.165) is 18.7 Å². The van der Waals surface area contributed by atoms with Gasteiger partial charge in [0.25, 0.3) is 0 Å². The molecule has 21 heavy (non-hydrogen) atoms. The molecule has 1 heteroatoms. The summed E-state index contributed by atoms with van der Waals surface area (Å²) in [5.74, 6) is 6.29. The lowest BCUT2D eigenvalue weighted by atomic mass is 9.98. The Labute approximate surface area is 130 Å². The first-order chi connectivity index (χ1) is 9.79. The van der Waals surface area contributed by atoms with Crippen LogP contribution >= 0.6 is 0 Å². The lowest BCUT2D eigenvalue weighted by Crippen LogP contribution is -2.20. The second-order valence-electron chi connectivity index (χ2n) is 6.54. The number of hydrogen-bond donors (Lipinski definition) is 0. The second kappa shape index (κ2) is 7.86. The molecule has 1 aromatic rings. The van der Waals surface area contributed by atoms with Crippen LogP contribution < -0.4 is 0 Å². The van der Waals surface area contributed by atoms with Crippen LogP contribution in [0.2, 0.25) is 0 Å². The summed E-state index contributed by atoms with van der Waals surface area (Å²) in [5, 5.41) is 0. The van der Waals surface area contributed by atoms with E-state index in [1.165, 1.54) is 11.1 Å². The molecule has 0 aromatic heterocycles. The Morgan fingerprint density at radius 2 is 1.95 bits per heavy atom. The lowest BCUT2D eigenvalue weighted by molar-refractivity contribution is 0.419. The summed E-state index contributed by atoms with van der Waals surface area (Å²) >= 11 is 0. The molecule has 0 radical (unpaired) electrons. The van der Waals surface area contributed by atoms with Crippen LogP contribution in [0.15, 0.2) is 43.0 Å². The van der Waals surface area contributed by atoms with Crippen LogP contribution in [0.5, 0.6) is 0 Å². The van der Waals surface area contributed by atoms with Crippen LogP contribution in [0.1, 0.15) is 31.9 Å². The Morgan fingerprint density at radius 3 is 2.57 bits per heavy atom. The highest BCUT2D eigenvalue weighted by Gasteiger charge is 2.05. The van der Waals surface area contributed by atoms with Crippen LogP contribution in [0, 0.1) is 24.2 Å². The molecule has 0 unspecified atom stereocenters. The molecule has 0 saturated heterocycles. The monoisotopic (exact) mass is 281 g/mol. The average Bonchev–Trinajstić information content (AvgIpc) is 2.37. The number of nitrogens with zero attached hydrogens (tertiary/aromatic N) is 1. The molecule has 0 fully saturated rings. The van der Waals surface area contributed by atoms with Gasteiger partial charge in [0.05, 0.1) is 0 Å². The van der Waals surface area contributed by atoms with E-state index in [0.29, 0.717) is 0 Å². The standard InChI is InChI=1S/C20H27N/c1-17-12-8-9-13-19(17)18(2)16-21(6)15-11-7-10-14-20(3,4)5/h7-9,11-13H,2,15-16H2,1,3-6H3. The maximum absolute atomic E-state index is 4.21. The van der Waals surface area contributed by atoms with Crippen LogP contribution in [-0.4, -0.2) is 25.0 Å². The molecule has 0 heterocycles. The van der Waals surface area contributed by atoms with Gasteiger partial charge in [0.2, 0.25) is 0 Å². The Hall–Kier alpha value is -1.78. The number of aryl methyl sites for hydroxylation is 1. The fraction of sp³-hybridized carbons (Fsp3) is 0.400. The van der Waals surface area contributed by atoms with E-state index in [2.05, 4.69) is 88.4 Å². The number of benzene rings is 1. The van der Waals surface area contributed by atoms with Crippen molar-refractivity contribution in [3.05, 3.63) is 54.1 Å². The van der Waals surface area contributed by atoms with Crippen LogP contribution in [0.25, 0.3) is 5.57 Å². The van der Waals surface area contributed by atoms with E-state index in [1.807, 2.05) is 6.08 Å². The highest BCUT2D eigenvalue weighted by atomic mass is 15.1. The zero-order valence-electron chi connectivity index (χ0n) is 14.0. The molecule has 1 nitrogen and oxygen atoms in total. The molecular formula is C20H27N. The third-order valence-corrected chi connectivity index (χ3v) is 3.05. The highest BCUT2D eigenvalue weighted by Crippen LogP contribution is 2.17. The molecule has 0 aliphatic heterocycles. The quantitative estimate of drug-likeness (QED) is 0.716. The maximum atomic E-state index is 4.21. The van der Waals surface area contributed by atoms with Gasteiger partial charge in [-0.05, 0) is 57.5 Å². The minimum atomic E-state index is 0.0648. The minimum absolute atomic E-state index is 0.0648. The van der Waals surface area contributed by atoms with Gasteiger partial charge in [-0.2, -0.15) is 0 Å². The normalized spacial score (nSPS) is 11.5. The van der Waals surface area contributed by atoms with Crippen molar-refractivity contribution in [2.75, 3.05) is 20.1 Å². The SMILES string of the molecule is C=C(CN(C)CC=CC#CC(C)(C)C)c1ccccc1C. The van der Waals surface area contributed by atoms with Crippen molar-refractivity contribution in [2.45, 2.75) is 27.7 Å². The van der Waals surface area contributed by atoms with Crippen molar-refractivity contribution in [1.29, 1.82) is 0 Å². The molecule has 0 spiro atoms. The van der Waals surface area contributed by atoms with Crippen molar-refractivity contribution < 1.29 is 0 Å². The minimum Gasteiger partial charge on any atom is -0.298 e. The first-order valence-electron chi connectivity index (χ1n) is 7.39. The van der Waals surface area contributed by atoms with E-state index in [9.17, 15) is 0 Å². The molecule has 0 bridgehead atoms. The summed E-state index contributed by atoms with van der Waals surface area (Å²) < 4.78 is 0. The summed E-state index contributed by atoms with van der Waals surface area (Å²) in [6, 6.07) is 8.39. The van der Waals surface area contributed by atoms with Gasteiger partial charge in [-0.25, -0.2) is 0 Å². The van der Waals surface area contributed by atoms with Crippen LogP contribution in [0.3, 0.4) is 0 Å². The topological polar surface area (TPSA) is 3.24 Å². The van der Waals surface area contributed by atoms with Crippen LogP contribution in [0.4, 0.5) is 0 Å². The zero-order valence-corrected chi connectivity index (χ0v) is 14.0. The lowest BCUT2D eigenvalue weighted by Gasteiger charge is -2.17. The molecule has 112 valence electrons. The first kappa shape index (κ1) is 17.3. The van der Waals surface area contributed by atoms with Crippen molar-refractivity contribution in [3.63, 3.8) is 0 Å². The van der Waals surface area contributed by atoms with Gasteiger partial charge >= 0.3 is 0 Å². The summed E-state index contributed by atoms with van der Waals surface area (Å²) in [4.78, 5) is 2.24. The summed E-state index contributed by atoms with van der Waals surface area (Å²) in [6.07, 6.45) is 4.04. The smallest absolute Gasteiger partial charge is 0.0234 e. The van der Waals surface area contributed by atoms with Crippen molar-refractivity contribution in [2.24, 2.45) is 5.41 Å². The summed E-state index contributed by atoms with van der Waals surface area (Å²) in [6.45, 7) is 14.4. The fourth-order valence-corrected chi connectivity index (χ4v) is 1.99. The van der Waals surface area contributed by atoms with E-state index < -0.39 is 0 Å². The number of likely N-dealkylation sites (N-methyl/N-ethyl adjacent to an activating group) is 1. The molecule has 0 amide bonds. The molecule has 1 rings (SSSR count). The fourth-order valence-electron chi connectivity index (χ4n) is 1.99. The predicted molar refractivity (Wildman–Crippen MR) is 94.1 cm³/mol. The molecule has 0 atom stereocenters. The Morgan fingerprint density at radius 1 is 1.29 bits per heavy atom.